The normalized spacial score (nSPS) is 13.7. The van der Waals surface area contributed by atoms with E-state index >= 15 is 0 Å². The molecule has 0 aliphatic rings. The van der Waals surface area contributed by atoms with E-state index < -0.39 is 0 Å². The summed E-state index contributed by atoms with van der Waals surface area (Å²) >= 11 is 3.48. The number of hydrogen-bond acceptors (Lipinski definition) is 2. The van der Waals surface area contributed by atoms with Crippen LogP contribution in [0.25, 0.3) is 0 Å². The van der Waals surface area contributed by atoms with Gasteiger partial charge in [0.2, 0.25) is 0 Å². The molecule has 1 heterocycles. The molecule has 0 radical (unpaired) electrons. The number of nitrogens with two attached hydrogens (primary N) is 1. The first kappa shape index (κ1) is 10.7. The van der Waals surface area contributed by atoms with Crippen molar-refractivity contribution in [2.24, 2.45) is 5.73 Å². The van der Waals surface area contributed by atoms with E-state index in [4.69, 9.17) is 5.73 Å². The fourth-order valence-corrected chi connectivity index (χ4v) is 1.74. The van der Waals surface area contributed by atoms with E-state index in [1.807, 2.05) is 17.8 Å². The summed E-state index contributed by atoms with van der Waals surface area (Å²) < 4.78 is 3.06. The summed E-state index contributed by atoms with van der Waals surface area (Å²) in [6.07, 6.45) is 2.69. The van der Waals surface area contributed by atoms with Gasteiger partial charge in [-0.25, -0.2) is 0 Å². The van der Waals surface area contributed by atoms with Crippen molar-refractivity contribution in [3.63, 3.8) is 0 Å². The minimum atomic E-state index is 0.172. The third-order valence-electron chi connectivity index (χ3n) is 1.85. The van der Waals surface area contributed by atoms with Crippen LogP contribution in [0, 0.1) is 0 Å². The zero-order chi connectivity index (χ0) is 10.0. The van der Waals surface area contributed by atoms with E-state index in [-0.39, 0.29) is 6.04 Å². The smallest absolute Gasteiger partial charge is 0.0635 e. The molecule has 0 amide bonds. The van der Waals surface area contributed by atoms with Crippen LogP contribution in [-0.4, -0.2) is 15.8 Å². The Bertz CT molecular complexity index is 278. The maximum atomic E-state index is 5.76. The molecule has 0 aromatic carbocycles. The third-order valence-corrected chi connectivity index (χ3v) is 2.51. The molecule has 13 heavy (non-hydrogen) atoms. The lowest BCUT2D eigenvalue weighted by molar-refractivity contribution is 0.499. The first-order chi connectivity index (χ1) is 6.02. The highest BCUT2D eigenvalue weighted by atomic mass is 79.9. The minimum Gasteiger partial charge on any atom is -0.328 e. The van der Waals surface area contributed by atoms with Crippen molar-refractivity contribution in [2.45, 2.75) is 39.3 Å². The first-order valence-corrected chi connectivity index (χ1v) is 5.29. The zero-order valence-electron chi connectivity index (χ0n) is 8.29. The van der Waals surface area contributed by atoms with Crippen molar-refractivity contribution in [1.29, 1.82) is 0 Å². The van der Waals surface area contributed by atoms with Gasteiger partial charge in [-0.1, -0.05) is 0 Å². The molecule has 1 aromatic heterocycles. The highest BCUT2D eigenvalue weighted by Crippen LogP contribution is 2.20. The van der Waals surface area contributed by atoms with E-state index in [1.54, 1.807) is 0 Å². The van der Waals surface area contributed by atoms with Crippen LogP contribution >= 0.6 is 15.9 Å². The summed E-state index contributed by atoms with van der Waals surface area (Å²) in [4.78, 5) is 0. The second-order valence-corrected chi connectivity index (χ2v) is 4.51. The Morgan fingerprint density at radius 3 is 2.62 bits per heavy atom. The highest BCUT2D eigenvalue weighted by Gasteiger charge is 2.12. The van der Waals surface area contributed by atoms with Gasteiger partial charge in [-0.3, -0.25) is 4.68 Å². The van der Waals surface area contributed by atoms with E-state index in [1.165, 1.54) is 5.69 Å². The largest absolute Gasteiger partial charge is 0.328 e. The van der Waals surface area contributed by atoms with Crippen LogP contribution in [0.3, 0.4) is 0 Å². The fraction of sp³-hybridized carbons (Fsp3) is 0.667. The molecular formula is C9H16BrN3. The summed E-state index contributed by atoms with van der Waals surface area (Å²) in [5.74, 6) is 0. The van der Waals surface area contributed by atoms with Gasteiger partial charge in [0, 0.05) is 18.5 Å². The molecule has 1 atom stereocenters. The summed E-state index contributed by atoms with van der Waals surface area (Å²) in [5.41, 5.74) is 6.94. The Labute approximate surface area is 87.4 Å². The molecule has 74 valence electrons. The molecule has 0 saturated heterocycles. The zero-order valence-corrected chi connectivity index (χ0v) is 9.87. The molecule has 4 heteroatoms. The lowest BCUT2D eigenvalue weighted by Gasteiger charge is -2.12. The lowest BCUT2D eigenvalue weighted by Crippen LogP contribution is -2.21. The topological polar surface area (TPSA) is 43.8 Å². The Balaban J connectivity index is 2.94. The SMILES string of the molecule is CC(N)Cc1c(Br)cnn1C(C)C. The van der Waals surface area contributed by atoms with Crippen LogP contribution < -0.4 is 5.73 Å². The van der Waals surface area contributed by atoms with Gasteiger partial charge in [-0.15, -0.1) is 0 Å². The monoisotopic (exact) mass is 245 g/mol. The van der Waals surface area contributed by atoms with Gasteiger partial charge >= 0.3 is 0 Å². The predicted octanol–water partition coefficient (Wildman–Crippen LogP) is 2.12. The van der Waals surface area contributed by atoms with Crippen LogP contribution in [0.4, 0.5) is 0 Å². The Kier molecular flexibility index (Phi) is 3.50. The summed E-state index contributed by atoms with van der Waals surface area (Å²) in [5, 5.41) is 4.28. The summed E-state index contributed by atoms with van der Waals surface area (Å²) in [7, 11) is 0. The number of hydrogen-bond donors (Lipinski definition) is 1. The second kappa shape index (κ2) is 4.24. The first-order valence-electron chi connectivity index (χ1n) is 4.49. The van der Waals surface area contributed by atoms with Gasteiger partial charge in [0.25, 0.3) is 0 Å². The van der Waals surface area contributed by atoms with E-state index in [9.17, 15) is 0 Å². The number of halogens is 1. The van der Waals surface area contributed by atoms with Crippen LogP contribution in [0.15, 0.2) is 10.7 Å². The van der Waals surface area contributed by atoms with Gasteiger partial charge in [-0.05, 0) is 36.7 Å². The minimum absolute atomic E-state index is 0.172. The molecular weight excluding hydrogens is 230 g/mol. The molecule has 2 N–H and O–H groups in total. The summed E-state index contributed by atoms with van der Waals surface area (Å²) in [6.45, 7) is 6.23. The summed E-state index contributed by atoms with van der Waals surface area (Å²) in [6, 6.07) is 0.561. The molecule has 0 spiro atoms. The molecule has 1 rings (SSSR count). The van der Waals surface area contributed by atoms with Gasteiger partial charge in [-0.2, -0.15) is 5.10 Å². The van der Waals surface area contributed by atoms with Crippen LogP contribution in [-0.2, 0) is 6.42 Å². The molecule has 1 aromatic rings. The van der Waals surface area contributed by atoms with E-state index in [2.05, 4.69) is 34.9 Å². The maximum absolute atomic E-state index is 5.76. The number of aromatic nitrogens is 2. The fourth-order valence-electron chi connectivity index (χ4n) is 1.31. The van der Waals surface area contributed by atoms with Crippen molar-refractivity contribution < 1.29 is 0 Å². The second-order valence-electron chi connectivity index (χ2n) is 3.66. The number of nitrogens with zero attached hydrogens (tertiary/aromatic N) is 2. The van der Waals surface area contributed by atoms with Gasteiger partial charge in [0.1, 0.15) is 0 Å². The molecule has 0 aliphatic heterocycles. The van der Waals surface area contributed by atoms with Gasteiger partial charge < -0.3 is 5.73 Å². The van der Waals surface area contributed by atoms with E-state index in [0.29, 0.717) is 6.04 Å². The molecule has 3 nitrogen and oxygen atoms in total. The third kappa shape index (κ3) is 2.54. The highest BCUT2D eigenvalue weighted by molar-refractivity contribution is 9.10. The van der Waals surface area contributed by atoms with E-state index in [0.717, 1.165) is 10.9 Å². The average molecular weight is 246 g/mol. The van der Waals surface area contributed by atoms with Crippen molar-refractivity contribution in [1.82, 2.24) is 9.78 Å². The van der Waals surface area contributed by atoms with Crippen molar-refractivity contribution in [3.8, 4) is 0 Å². The molecule has 0 fully saturated rings. The Hall–Kier alpha value is -0.350. The molecule has 0 bridgehead atoms. The van der Waals surface area contributed by atoms with Crippen LogP contribution in [0.1, 0.15) is 32.5 Å². The van der Waals surface area contributed by atoms with Crippen LogP contribution in [0.2, 0.25) is 0 Å². The maximum Gasteiger partial charge on any atom is 0.0635 e. The Morgan fingerprint density at radius 2 is 2.15 bits per heavy atom. The average Bonchev–Trinajstić information content (AvgIpc) is 2.32. The standard InChI is InChI=1S/C9H16BrN3/c1-6(2)13-9(4-7(3)11)8(10)5-12-13/h5-7H,4,11H2,1-3H3. The van der Waals surface area contributed by atoms with Crippen molar-refractivity contribution in [2.75, 3.05) is 0 Å². The van der Waals surface area contributed by atoms with Crippen molar-refractivity contribution >= 4 is 15.9 Å². The Morgan fingerprint density at radius 1 is 1.54 bits per heavy atom. The predicted molar refractivity (Wildman–Crippen MR) is 57.7 cm³/mol. The molecule has 0 aliphatic carbocycles. The van der Waals surface area contributed by atoms with Crippen LogP contribution in [0.5, 0.6) is 0 Å². The van der Waals surface area contributed by atoms with Crippen molar-refractivity contribution in [3.05, 3.63) is 16.4 Å². The van der Waals surface area contributed by atoms with Gasteiger partial charge in [0.05, 0.1) is 16.4 Å². The lowest BCUT2D eigenvalue weighted by atomic mass is 10.2. The quantitative estimate of drug-likeness (QED) is 0.887. The van der Waals surface area contributed by atoms with Gasteiger partial charge in [0.15, 0.2) is 0 Å². The number of rotatable bonds is 3. The molecule has 0 saturated carbocycles. The molecule has 1 unspecified atom stereocenters.